The van der Waals surface area contributed by atoms with Crippen LogP contribution in [0, 0.1) is 0 Å². The Labute approximate surface area is 162 Å². The second kappa shape index (κ2) is 15.8. The molecule has 0 saturated carbocycles. The van der Waals surface area contributed by atoms with E-state index >= 15 is 0 Å². The van der Waals surface area contributed by atoms with Gasteiger partial charge in [-0.2, -0.15) is 0 Å². The fourth-order valence-electron chi connectivity index (χ4n) is 2.96. The summed E-state index contributed by atoms with van der Waals surface area (Å²) in [5, 5.41) is 0. The van der Waals surface area contributed by atoms with Crippen molar-refractivity contribution in [2.45, 2.75) is 84.0 Å². The van der Waals surface area contributed by atoms with Crippen molar-refractivity contribution in [2.24, 2.45) is 0 Å². The van der Waals surface area contributed by atoms with Crippen LogP contribution in [0.1, 0.15) is 83.7 Å². The maximum absolute atomic E-state index is 3.85. The van der Waals surface area contributed by atoms with Gasteiger partial charge in [0.2, 0.25) is 0 Å². The van der Waals surface area contributed by atoms with Gasteiger partial charge >= 0.3 is 29.6 Å². The van der Waals surface area contributed by atoms with Gasteiger partial charge in [0.25, 0.3) is 0 Å². The molecule has 0 aliphatic carbocycles. The molecule has 22 heavy (non-hydrogen) atoms. The first kappa shape index (κ1) is 22.0. The van der Waals surface area contributed by atoms with Crippen LogP contribution in [0.25, 0.3) is 0 Å². The first-order valence-corrected chi connectivity index (χ1v) is 9.06. The van der Waals surface area contributed by atoms with Crippen LogP contribution in [0.15, 0.2) is 36.9 Å². The van der Waals surface area contributed by atoms with Crippen molar-refractivity contribution in [3.8, 4) is 0 Å². The van der Waals surface area contributed by atoms with E-state index in [0.29, 0.717) is 0 Å². The third-order valence-corrected chi connectivity index (χ3v) is 4.28. The molecule has 120 valence electrons. The van der Waals surface area contributed by atoms with E-state index in [-0.39, 0.29) is 31.0 Å². The van der Waals surface area contributed by atoms with Gasteiger partial charge in [0.15, 0.2) is 0 Å². The van der Waals surface area contributed by atoms with Crippen molar-refractivity contribution < 1.29 is 31.0 Å². The Morgan fingerprint density at radius 3 is 1.86 bits per heavy atom. The van der Waals surface area contributed by atoms with E-state index in [1.54, 1.807) is 0 Å². The van der Waals surface area contributed by atoms with Crippen LogP contribution in [0.4, 0.5) is 0 Å². The van der Waals surface area contributed by atoms with Gasteiger partial charge in [0.1, 0.15) is 0 Å². The van der Waals surface area contributed by atoms with E-state index < -0.39 is 0 Å². The zero-order valence-corrected chi connectivity index (χ0v) is 17.1. The van der Waals surface area contributed by atoms with Crippen LogP contribution in [0.3, 0.4) is 0 Å². The summed E-state index contributed by atoms with van der Waals surface area (Å²) in [6, 6.07) is 8.83. The Morgan fingerprint density at radius 1 is 0.818 bits per heavy atom. The summed E-state index contributed by atoms with van der Waals surface area (Å²) < 4.78 is 0. The maximum Gasteiger partial charge on any atom is 1.00 e. The summed E-state index contributed by atoms with van der Waals surface area (Å²) >= 11 is 0. The quantitative estimate of drug-likeness (QED) is 0.293. The van der Waals surface area contributed by atoms with E-state index in [1.807, 2.05) is 6.08 Å². The van der Waals surface area contributed by atoms with Crippen molar-refractivity contribution >= 4 is 0 Å². The SMILES string of the molecule is C=CCc1ccccc1CCCCCCCCCCCC.[H-].[Na+]. The normalized spacial score (nSPS) is 10.2. The monoisotopic (exact) mass is 310 g/mol. The van der Waals surface area contributed by atoms with Gasteiger partial charge in [-0.25, -0.2) is 0 Å². The number of allylic oxidation sites excluding steroid dienone is 1. The molecule has 0 radical (unpaired) electrons. The molecule has 0 saturated heterocycles. The fourth-order valence-corrected chi connectivity index (χ4v) is 2.96. The molecule has 0 fully saturated rings. The van der Waals surface area contributed by atoms with Gasteiger partial charge in [-0.15, -0.1) is 6.58 Å². The molecule has 0 N–H and O–H groups in total. The molecular formula is C21H35Na. The molecular weight excluding hydrogens is 275 g/mol. The molecule has 0 spiro atoms. The number of rotatable bonds is 13. The van der Waals surface area contributed by atoms with Crippen LogP contribution >= 0.6 is 0 Å². The molecule has 0 aliphatic heterocycles. The Kier molecular flexibility index (Phi) is 15.8. The first-order chi connectivity index (χ1) is 10.4. The van der Waals surface area contributed by atoms with E-state index in [9.17, 15) is 0 Å². The molecule has 0 heterocycles. The summed E-state index contributed by atoms with van der Waals surface area (Å²) in [5.74, 6) is 0. The van der Waals surface area contributed by atoms with E-state index in [2.05, 4.69) is 37.8 Å². The largest absolute Gasteiger partial charge is 1.00 e. The van der Waals surface area contributed by atoms with Gasteiger partial charge < -0.3 is 1.43 Å². The van der Waals surface area contributed by atoms with E-state index in [4.69, 9.17) is 0 Å². The van der Waals surface area contributed by atoms with Crippen molar-refractivity contribution in [1.82, 2.24) is 0 Å². The van der Waals surface area contributed by atoms with Gasteiger partial charge in [0, 0.05) is 0 Å². The fraction of sp³-hybridized carbons (Fsp3) is 0.619. The number of unbranched alkanes of at least 4 members (excludes halogenated alkanes) is 9. The topological polar surface area (TPSA) is 0 Å². The average molecular weight is 311 g/mol. The second-order valence-electron chi connectivity index (χ2n) is 6.19. The summed E-state index contributed by atoms with van der Waals surface area (Å²) in [5.41, 5.74) is 2.99. The third-order valence-electron chi connectivity index (χ3n) is 4.28. The zero-order chi connectivity index (χ0) is 15.2. The van der Waals surface area contributed by atoms with Crippen LogP contribution in [0.5, 0.6) is 0 Å². The smallest absolute Gasteiger partial charge is 1.00 e. The van der Waals surface area contributed by atoms with Gasteiger partial charge in [-0.3, -0.25) is 0 Å². The van der Waals surface area contributed by atoms with Crippen molar-refractivity contribution in [3.05, 3.63) is 48.0 Å². The molecule has 1 rings (SSSR count). The molecule has 0 amide bonds. The van der Waals surface area contributed by atoms with Gasteiger partial charge in [0.05, 0.1) is 0 Å². The van der Waals surface area contributed by atoms with Crippen LogP contribution in [-0.4, -0.2) is 0 Å². The predicted octanol–water partition coefficient (Wildman–Crippen LogP) is 4.00. The zero-order valence-electron chi connectivity index (χ0n) is 16.1. The molecule has 0 atom stereocenters. The summed E-state index contributed by atoms with van der Waals surface area (Å²) in [6.45, 7) is 6.14. The second-order valence-corrected chi connectivity index (χ2v) is 6.19. The van der Waals surface area contributed by atoms with Gasteiger partial charge in [-0.1, -0.05) is 95.1 Å². The van der Waals surface area contributed by atoms with Crippen LogP contribution in [0.2, 0.25) is 0 Å². The first-order valence-electron chi connectivity index (χ1n) is 9.06. The average Bonchev–Trinajstić information content (AvgIpc) is 2.51. The predicted molar refractivity (Wildman–Crippen MR) is 97.0 cm³/mol. The third kappa shape index (κ3) is 10.6. The molecule has 0 unspecified atom stereocenters. The Morgan fingerprint density at radius 2 is 1.32 bits per heavy atom. The van der Waals surface area contributed by atoms with Crippen molar-refractivity contribution in [1.29, 1.82) is 0 Å². The number of aryl methyl sites for hydroxylation is 1. The maximum atomic E-state index is 3.85. The van der Waals surface area contributed by atoms with E-state index in [1.165, 1.54) is 81.8 Å². The standard InChI is InChI=1S/C21H34.Na.H/c1-3-5-6-7-8-9-10-11-12-13-17-21-19-15-14-18-20(21)16-4-2;;/h4,14-15,18-19H,2-3,5-13,16-17H2,1H3;;/q;+1;-1. The molecule has 1 aromatic rings. The molecule has 0 aliphatic rings. The number of hydrogen-bond acceptors (Lipinski definition) is 0. The Bertz CT molecular complexity index is 376. The van der Waals surface area contributed by atoms with Crippen molar-refractivity contribution in [3.63, 3.8) is 0 Å². The minimum atomic E-state index is 0. The molecule has 0 nitrogen and oxygen atoms in total. The summed E-state index contributed by atoms with van der Waals surface area (Å²) in [4.78, 5) is 0. The van der Waals surface area contributed by atoms with Crippen LogP contribution < -0.4 is 29.6 Å². The molecule has 0 bridgehead atoms. The number of hydrogen-bond donors (Lipinski definition) is 0. The van der Waals surface area contributed by atoms with Gasteiger partial charge in [-0.05, 0) is 30.4 Å². The Balaban J connectivity index is 0. The molecule has 1 heteroatoms. The summed E-state index contributed by atoms with van der Waals surface area (Å²) in [6.07, 6.45) is 18.4. The minimum Gasteiger partial charge on any atom is -1.00 e. The Hall–Kier alpha value is -0.0400. The summed E-state index contributed by atoms with van der Waals surface area (Å²) in [7, 11) is 0. The van der Waals surface area contributed by atoms with Crippen LogP contribution in [-0.2, 0) is 12.8 Å². The van der Waals surface area contributed by atoms with E-state index in [0.717, 1.165) is 6.42 Å². The molecule has 1 aromatic carbocycles. The minimum absolute atomic E-state index is 0. The van der Waals surface area contributed by atoms with Crippen molar-refractivity contribution in [2.75, 3.05) is 0 Å². The molecule has 0 aromatic heterocycles. The number of benzene rings is 1.